The van der Waals surface area contributed by atoms with Crippen LogP contribution in [0.2, 0.25) is 0 Å². The number of benzene rings is 2. The molecule has 2 aromatic rings. The van der Waals surface area contributed by atoms with Crippen LogP contribution in [0.1, 0.15) is 42.9 Å². The number of aliphatic carboxylic acids is 1. The molecule has 0 spiro atoms. The third kappa shape index (κ3) is 4.80. The molecule has 1 unspecified atom stereocenters. The Morgan fingerprint density at radius 2 is 1.72 bits per heavy atom. The molecular weight excluding hydrogens is 417 g/mol. The summed E-state index contributed by atoms with van der Waals surface area (Å²) in [6.07, 6.45) is 1.53. The Morgan fingerprint density at radius 1 is 1.03 bits per heavy atom. The zero-order chi connectivity index (χ0) is 23.3. The first kappa shape index (κ1) is 23.0. The highest BCUT2D eigenvalue weighted by Gasteiger charge is 2.46. The van der Waals surface area contributed by atoms with Crippen LogP contribution in [0.25, 0.3) is 5.76 Å². The lowest BCUT2D eigenvalue weighted by atomic mass is 9.94. The zero-order valence-electron chi connectivity index (χ0n) is 17.6. The van der Waals surface area contributed by atoms with E-state index in [1.807, 2.05) is 0 Å². The molecule has 2 N–H and O–H groups in total. The van der Waals surface area contributed by atoms with Crippen molar-refractivity contribution in [3.05, 3.63) is 71.0 Å². The third-order valence-corrected chi connectivity index (χ3v) is 5.38. The molecule has 1 heterocycles. The van der Waals surface area contributed by atoms with Gasteiger partial charge in [0.15, 0.2) is 0 Å². The highest BCUT2D eigenvalue weighted by atomic mass is 19.1. The van der Waals surface area contributed by atoms with Crippen molar-refractivity contribution in [2.24, 2.45) is 0 Å². The van der Waals surface area contributed by atoms with Gasteiger partial charge in [-0.1, -0.05) is 24.6 Å². The van der Waals surface area contributed by atoms with Crippen molar-refractivity contribution < 1.29 is 33.7 Å². The Balaban J connectivity index is 2.02. The summed E-state index contributed by atoms with van der Waals surface area (Å²) in [6.45, 7) is 0.201. The van der Waals surface area contributed by atoms with E-state index in [2.05, 4.69) is 0 Å². The Kier molecular flexibility index (Phi) is 7.25. The van der Waals surface area contributed by atoms with Gasteiger partial charge in [-0.3, -0.25) is 14.4 Å². The minimum Gasteiger partial charge on any atom is -0.507 e. The Bertz CT molecular complexity index is 1050. The Morgan fingerprint density at radius 3 is 2.38 bits per heavy atom. The maximum Gasteiger partial charge on any atom is 0.303 e. The van der Waals surface area contributed by atoms with E-state index in [0.717, 1.165) is 12.1 Å². The largest absolute Gasteiger partial charge is 0.507 e. The number of halogens is 1. The summed E-state index contributed by atoms with van der Waals surface area (Å²) in [7, 11) is 1.47. The molecular formula is C24H24FNO6. The first-order valence-corrected chi connectivity index (χ1v) is 10.2. The molecule has 0 aliphatic carbocycles. The van der Waals surface area contributed by atoms with Crippen LogP contribution in [-0.4, -0.2) is 46.4 Å². The number of carbonyl (C=O) groups excluding carboxylic acids is 2. The fraction of sp³-hybridized carbons (Fsp3) is 0.292. The normalized spacial score (nSPS) is 17.6. The van der Waals surface area contributed by atoms with E-state index < -0.39 is 35.3 Å². The van der Waals surface area contributed by atoms with Crippen LogP contribution < -0.4 is 4.74 Å². The lowest BCUT2D eigenvalue weighted by Gasteiger charge is -2.26. The summed E-state index contributed by atoms with van der Waals surface area (Å²) in [5.41, 5.74) is 0.644. The fourth-order valence-electron chi connectivity index (χ4n) is 3.82. The van der Waals surface area contributed by atoms with Gasteiger partial charge < -0.3 is 19.8 Å². The van der Waals surface area contributed by atoms with Crippen molar-refractivity contribution in [3.63, 3.8) is 0 Å². The zero-order valence-corrected chi connectivity index (χ0v) is 17.6. The minimum absolute atomic E-state index is 0.0271. The van der Waals surface area contributed by atoms with Gasteiger partial charge in [0.1, 0.15) is 17.3 Å². The SMILES string of the molecule is COc1ccccc1C1/C(=C(\O)c2ccc(F)cc2)C(=O)C(=O)N1CCCCCC(=O)O. The van der Waals surface area contributed by atoms with Gasteiger partial charge in [0.05, 0.1) is 18.7 Å². The number of carboxylic acids is 1. The van der Waals surface area contributed by atoms with Crippen LogP contribution >= 0.6 is 0 Å². The number of nitrogens with zero attached hydrogens (tertiary/aromatic N) is 1. The molecule has 168 valence electrons. The molecule has 0 bridgehead atoms. The average Bonchev–Trinajstić information content (AvgIpc) is 3.03. The molecule has 1 atom stereocenters. The van der Waals surface area contributed by atoms with E-state index in [9.17, 15) is 23.9 Å². The number of aliphatic hydroxyl groups excluding tert-OH is 1. The predicted octanol–water partition coefficient (Wildman–Crippen LogP) is 3.90. The number of likely N-dealkylation sites (tertiary alicyclic amines) is 1. The van der Waals surface area contributed by atoms with E-state index in [4.69, 9.17) is 9.84 Å². The third-order valence-electron chi connectivity index (χ3n) is 5.38. The monoisotopic (exact) mass is 441 g/mol. The molecule has 1 saturated heterocycles. The highest BCUT2D eigenvalue weighted by molar-refractivity contribution is 6.46. The van der Waals surface area contributed by atoms with Crippen molar-refractivity contribution in [1.29, 1.82) is 0 Å². The number of unbranched alkanes of at least 4 members (excludes halogenated alkanes) is 2. The number of amides is 1. The number of carbonyl (C=O) groups is 3. The van der Waals surface area contributed by atoms with E-state index >= 15 is 0 Å². The first-order valence-electron chi connectivity index (χ1n) is 10.2. The Labute approximate surface area is 184 Å². The summed E-state index contributed by atoms with van der Waals surface area (Å²) >= 11 is 0. The molecule has 0 saturated carbocycles. The van der Waals surface area contributed by atoms with Crippen molar-refractivity contribution in [2.45, 2.75) is 31.7 Å². The number of rotatable bonds is 9. The number of hydrogen-bond donors (Lipinski definition) is 2. The standard InChI is InChI=1S/C24H24FNO6/c1-32-18-8-5-4-7-17(18)21-20(22(29)15-10-12-16(25)13-11-15)23(30)24(31)26(21)14-6-2-3-9-19(27)28/h4-5,7-8,10-13,21,29H,2-3,6,9,14H2,1H3,(H,27,28)/b22-20+. The summed E-state index contributed by atoms with van der Waals surface area (Å²) in [5, 5.41) is 19.7. The lowest BCUT2D eigenvalue weighted by molar-refractivity contribution is -0.140. The van der Waals surface area contributed by atoms with Gasteiger partial charge in [-0.15, -0.1) is 0 Å². The molecule has 1 aliphatic heterocycles. The van der Waals surface area contributed by atoms with Gasteiger partial charge in [-0.2, -0.15) is 0 Å². The maximum absolute atomic E-state index is 13.3. The molecule has 7 nitrogen and oxygen atoms in total. The number of carboxylic acid groups (broad SMARTS) is 1. The molecule has 1 aliphatic rings. The smallest absolute Gasteiger partial charge is 0.303 e. The van der Waals surface area contributed by atoms with Gasteiger partial charge in [0.2, 0.25) is 0 Å². The number of methoxy groups -OCH3 is 1. The van der Waals surface area contributed by atoms with Gasteiger partial charge in [-0.25, -0.2) is 4.39 Å². The number of ketones is 1. The van der Waals surface area contributed by atoms with E-state index in [0.29, 0.717) is 30.6 Å². The van der Waals surface area contributed by atoms with Crippen LogP contribution in [0.5, 0.6) is 5.75 Å². The topological polar surface area (TPSA) is 104 Å². The second-order valence-corrected chi connectivity index (χ2v) is 7.45. The molecule has 1 amide bonds. The quantitative estimate of drug-likeness (QED) is 0.265. The van der Waals surface area contributed by atoms with E-state index in [1.165, 1.54) is 24.1 Å². The van der Waals surface area contributed by atoms with Crippen molar-refractivity contribution in [1.82, 2.24) is 4.90 Å². The van der Waals surface area contributed by atoms with Crippen molar-refractivity contribution >= 4 is 23.4 Å². The fourth-order valence-corrected chi connectivity index (χ4v) is 3.82. The first-order chi connectivity index (χ1) is 15.3. The van der Waals surface area contributed by atoms with Crippen molar-refractivity contribution in [3.8, 4) is 5.75 Å². The summed E-state index contributed by atoms with van der Waals surface area (Å²) in [5.74, 6) is -2.94. The van der Waals surface area contributed by atoms with Crippen LogP contribution in [0.4, 0.5) is 4.39 Å². The predicted molar refractivity (Wildman–Crippen MR) is 115 cm³/mol. The van der Waals surface area contributed by atoms with Crippen molar-refractivity contribution in [2.75, 3.05) is 13.7 Å². The summed E-state index contributed by atoms with van der Waals surface area (Å²) in [6, 6.07) is 11.0. The van der Waals surface area contributed by atoms with E-state index in [1.54, 1.807) is 24.3 Å². The van der Waals surface area contributed by atoms with Crippen LogP contribution in [0, 0.1) is 5.82 Å². The molecule has 32 heavy (non-hydrogen) atoms. The van der Waals surface area contributed by atoms with E-state index in [-0.39, 0.29) is 24.1 Å². The van der Waals surface area contributed by atoms with Gasteiger partial charge in [0.25, 0.3) is 11.7 Å². The number of para-hydroxylation sites is 1. The number of ether oxygens (including phenoxy) is 1. The van der Waals surface area contributed by atoms with Gasteiger partial charge in [0, 0.05) is 24.1 Å². The van der Waals surface area contributed by atoms with Crippen LogP contribution in [-0.2, 0) is 14.4 Å². The second kappa shape index (κ2) is 10.1. The van der Waals surface area contributed by atoms with Gasteiger partial charge >= 0.3 is 5.97 Å². The number of aliphatic hydroxyl groups is 1. The molecule has 8 heteroatoms. The number of hydrogen-bond acceptors (Lipinski definition) is 5. The highest BCUT2D eigenvalue weighted by Crippen LogP contribution is 2.42. The lowest BCUT2D eigenvalue weighted by Crippen LogP contribution is -2.31. The maximum atomic E-state index is 13.3. The molecule has 2 aromatic carbocycles. The molecule has 3 rings (SSSR count). The summed E-state index contributed by atoms with van der Waals surface area (Å²) in [4.78, 5) is 37.9. The number of Topliss-reactive ketones (excluding diaryl/α,β-unsaturated/α-hetero) is 1. The minimum atomic E-state index is -0.893. The molecule has 0 aromatic heterocycles. The van der Waals surface area contributed by atoms with Gasteiger partial charge in [-0.05, 0) is 43.2 Å². The second-order valence-electron chi connectivity index (χ2n) is 7.45. The Hall–Kier alpha value is -3.68. The van der Waals surface area contributed by atoms with Crippen LogP contribution in [0.15, 0.2) is 54.1 Å². The molecule has 0 radical (unpaired) electrons. The summed E-state index contributed by atoms with van der Waals surface area (Å²) < 4.78 is 18.8. The average molecular weight is 441 g/mol. The molecule has 1 fully saturated rings. The van der Waals surface area contributed by atoms with Crippen LogP contribution in [0.3, 0.4) is 0 Å².